The highest BCUT2D eigenvalue weighted by atomic mass is 35.5. The Morgan fingerprint density at radius 3 is 2.75 bits per heavy atom. The van der Waals surface area contributed by atoms with E-state index in [0.717, 1.165) is 18.0 Å². The fraction of sp³-hybridized carbons (Fsp3) is 0.267. The molecule has 0 aliphatic carbocycles. The minimum atomic E-state index is 0.510. The monoisotopic (exact) mass is 292 g/mol. The molecule has 4 nitrogen and oxygen atoms in total. The van der Waals surface area contributed by atoms with Crippen molar-refractivity contribution in [3.63, 3.8) is 0 Å². The van der Waals surface area contributed by atoms with Crippen LogP contribution in [0.3, 0.4) is 0 Å². The number of methoxy groups -OCH3 is 1. The van der Waals surface area contributed by atoms with Crippen LogP contribution in [0.25, 0.3) is 0 Å². The Balaban J connectivity index is 2.16. The summed E-state index contributed by atoms with van der Waals surface area (Å²) in [5, 5.41) is 3.82. The van der Waals surface area contributed by atoms with Crippen LogP contribution < -0.4 is 14.8 Å². The minimum absolute atomic E-state index is 0.510. The average Bonchev–Trinajstić information content (AvgIpc) is 2.48. The molecule has 1 aromatic carbocycles. The first-order valence-electron chi connectivity index (χ1n) is 6.41. The van der Waals surface area contributed by atoms with Crippen LogP contribution in [0.1, 0.15) is 12.6 Å². The van der Waals surface area contributed by atoms with Gasteiger partial charge in [-0.05, 0) is 24.7 Å². The molecular formula is C15H17ClN2O2. The number of rotatable bonds is 6. The van der Waals surface area contributed by atoms with E-state index in [2.05, 4.69) is 10.3 Å². The van der Waals surface area contributed by atoms with Gasteiger partial charge in [0.15, 0.2) is 0 Å². The molecular weight excluding hydrogens is 276 g/mol. The second kappa shape index (κ2) is 7.12. The smallest absolute Gasteiger partial charge is 0.219 e. The largest absolute Gasteiger partial charge is 0.497 e. The lowest BCUT2D eigenvalue weighted by Crippen LogP contribution is -2.13. The third-order valence-electron chi connectivity index (χ3n) is 2.70. The van der Waals surface area contributed by atoms with E-state index in [1.807, 2.05) is 25.1 Å². The number of halogens is 1. The van der Waals surface area contributed by atoms with E-state index in [0.29, 0.717) is 23.2 Å². The number of hydrogen-bond acceptors (Lipinski definition) is 4. The summed E-state index contributed by atoms with van der Waals surface area (Å²) in [6.45, 7) is 3.51. The highest BCUT2D eigenvalue weighted by Crippen LogP contribution is 2.25. The number of pyridine rings is 1. The van der Waals surface area contributed by atoms with Gasteiger partial charge in [0.25, 0.3) is 0 Å². The molecule has 0 amide bonds. The third-order valence-corrected chi connectivity index (χ3v) is 3.04. The number of benzene rings is 1. The molecule has 0 radical (unpaired) electrons. The van der Waals surface area contributed by atoms with Crippen molar-refractivity contribution in [3.05, 3.63) is 47.1 Å². The first-order valence-corrected chi connectivity index (χ1v) is 6.78. The van der Waals surface area contributed by atoms with E-state index >= 15 is 0 Å². The minimum Gasteiger partial charge on any atom is -0.497 e. The quantitative estimate of drug-likeness (QED) is 0.882. The fourth-order valence-electron chi connectivity index (χ4n) is 1.67. The van der Waals surface area contributed by atoms with Crippen LogP contribution in [0, 0.1) is 0 Å². The molecule has 20 heavy (non-hydrogen) atoms. The molecule has 2 aromatic rings. The Kier molecular flexibility index (Phi) is 5.21. The maximum Gasteiger partial charge on any atom is 0.219 e. The lowest BCUT2D eigenvalue weighted by Gasteiger charge is -2.09. The maximum atomic E-state index is 6.10. The molecule has 0 unspecified atom stereocenters. The molecule has 106 valence electrons. The predicted octanol–water partition coefficient (Wildman–Crippen LogP) is 3.65. The van der Waals surface area contributed by atoms with Crippen molar-refractivity contribution >= 4 is 11.6 Å². The number of nitrogens with zero attached hydrogens (tertiary/aromatic N) is 1. The molecule has 0 saturated carbocycles. The van der Waals surface area contributed by atoms with Gasteiger partial charge in [-0.1, -0.05) is 24.6 Å². The molecule has 0 saturated heterocycles. The first-order chi connectivity index (χ1) is 9.72. The number of hydrogen-bond donors (Lipinski definition) is 1. The average molecular weight is 293 g/mol. The van der Waals surface area contributed by atoms with Gasteiger partial charge in [0.2, 0.25) is 5.88 Å². The van der Waals surface area contributed by atoms with Crippen LogP contribution in [0.2, 0.25) is 5.02 Å². The van der Waals surface area contributed by atoms with Gasteiger partial charge in [-0.2, -0.15) is 0 Å². The molecule has 1 aromatic heterocycles. The summed E-state index contributed by atoms with van der Waals surface area (Å²) >= 11 is 6.10. The summed E-state index contributed by atoms with van der Waals surface area (Å²) in [6.07, 6.45) is 0. The van der Waals surface area contributed by atoms with Gasteiger partial charge >= 0.3 is 0 Å². The van der Waals surface area contributed by atoms with E-state index in [-0.39, 0.29) is 0 Å². The molecule has 1 heterocycles. The summed E-state index contributed by atoms with van der Waals surface area (Å²) in [6, 6.07) is 10.9. The SMILES string of the molecule is CCNCc1nc(Oc2cccc(OC)c2)ccc1Cl. The Morgan fingerprint density at radius 1 is 1.20 bits per heavy atom. The number of nitrogens with one attached hydrogen (secondary N) is 1. The highest BCUT2D eigenvalue weighted by molar-refractivity contribution is 6.31. The Morgan fingerprint density at radius 2 is 2.00 bits per heavy atom. The van der Waals surface area contributed by atoms with E-state index in [9.17, 15) is 0 Å². The van der Waals surface area contributed by atoms with Crippen LogP contribution in [-0.4, -0.2) is 18.6 Å². The highest BCUT2D eigenvalue weighted by Gasteiger charge is 2.06. The molecule has 0 bridgehead atoms. The lowest BCUT2D eigenvalue weighted by molar-refractivity contribution is 0.407. The Bertz CT molecular complexity index is 576. The van der Waals surface area contributed by atoms with Gasteiger partial charge in [-0.15, -0.1) is 0 Å². The van der Waals surface area contributed by atoms with Crippen molar-refractivity contribution in [3.8, 4) is 17.4 Å². The van der Waals surface area contributed by atoms with Gasteiger partial charge in [-0.3, -0.25) is 0 Å². The van der Waals surface area contributed by atoms with Gasteiger partial charge in [0.1, 0.15) is 11.5 Å². The summed E-state index contributed by atoms with van der Waals surface area (Å²) < 4.78 is 10.9. The molecule has 0 spiro atoms. The van der Waals surface area contributed by atoms with Gasteiger partial charge < -0.3 is 14.8 Å². The molecule has 0 atom stereocenters. The summed E-state index contributed by atoms with van der Waals surface area (Å²) in [5.74, 6) is 1.92. The van der Waals surface area contributed by atoms with E-state index < -0.39 is 0 Å². The van der Waals surface area contributed by atoms with Crippen LogP contribution in [-0.2, 0) is 6.54 Å². The zero-order valence-electron chi connectivity index (χ0n) is 11.5. The third kappa shape index (κ3) is 3.85. The number of ether oxygens (including phenoxy) is 2. The van der Waals surface area contributed by atoms with E-state index in [1.165, 1.54) is 0 Å². The second-order valence-corrected chi connectivity index (χ2v) is 4.55. The molecule has 1 N–H and O–H groups in total. The molecule has 5 heteroatoms. The van der Waals surface area contributed by atoms with Gasteiger partial charge in [-0.25, -0.2) is 4.98 Å². The molecule has 0 fully saturated rings. The Labute approximate surface area is 123 Å². The standard InChI is InChI=1S/C15H17ClN2O2/c1-3-17-10-14-13(16)7-8-15(18-14)20-12-6-4-5-11(9-12)19-2/h4-9,17H,3,10H2,1-2H3. The van der Waals surface area contributed by atoms with E-state index in [4.69, 9.17) is 21.1 Å². The summed E-state index contributed by atoms with van der Waals surface area (Å²) in [5.41, 5.74) is 0.772. The van der Waals surface area contributed by atoms with Crippen molar-refractivity contribution in [2.75, 3.05) is 13.7 Å². The second-order valence-electron chi connectivity index (χ2n) is 4.14. The zero-order chi connectivity index (χ0) is 14.4. The lowest BCUT2D eigenvalue weighted by atomic mass is 10.3. The first kappa shape index (κ1) is 14.6. The van der Waals surface area contributed by atoms with Crippen LogP contribution in [0.4, 0.5) is 0 Å². The fourth-order valence-corrected chi connectivity index (χ4v) is 1.85. The molecule has 0 aliphatic rings. The maximum absolute atomic E-state index is 6.10. The Hall–Kier alpha value is -1.78. The van der Waals surface area contributed by atoms with Crippen molar-refractivity contribution in [2.45, 2.75) is 13.5 Å². The van der Waals surface area contributed by atoms with Crippen molar-refractivity contribution in [1.29, 1.82) is 0 Å². The van der Waals surface area contributed by atoms with Crippen molar-refractivity contribution < 1.29 is 9.47 Å². The summed E-state index contributed by atoms with van der Waals surface area (Å²) in [7, 11) is 1.62. The topological polar surface area (TPSA) is 43.4 Å². The van der Waals surface area contributed by atoms with Crippen LogP contribution in [0.15, 0.2) is 36.4 Å². The van der Waals surface area contributed by atoms with Gasteiger partial charge in [0, 0.05) is 18.7 Å². The van der Waals surface area contributed by atoms with Gasteiger partial charge in [0.05, 0.1) is 17.8 Å². The number of aromatic nitrogens is 1. The normalized spacial score (nSPS) is 10.3. The predicted molar refractivity (Wildman–Crippen MR) is 79.7 cm³/mol. The zero-order valence-corrected chi connectivity index (χ0v) is 12.3. The van der Waals surface area contributed by atoms with Crippen LogP contribution >= 0.6 is 11.6 Å². The molecule has 0 aliphatic heterocycles. The summed E-state index contributed by atoms with van der Waals surface area (Å²) in [4.78, 5) is 4.40. The van der Waals surface area contributed by atoms with Crippen molar-refractivity contribution in [1.82, 2.24) is 10.3 Å². The van der Waals surface area contributed by atoms with Crippen molar-refractivity contribution in [2.24, 2.45) is 0 Å². The van der Waals surface area contributed by atoms with E-state index in [1.54, 1.807) is 25.3 Å². The molecule has 2 rings (SSSR count). The van der Waals surface area contributed by atoms with Crippen LogP contribution in [0.5, 0.6) is 17.4 Å².